The second-order valence-electron chi connectivity index (χ2n) is 6.66. The number of aliphatic carboxylic acids is 1. The second-order valence-corrected chi connectivity index (χ2v) is 6.66. The van der Waals surface area contributed by atoms with Crippen LogP contribution in [-0.2, 0) is 4.79 Å². The number of rotatable bonds is 2. The van der Waals surface area contributed by atoms with E-state index in [1.165, 1.54) is 0 Å². The molecule has 5 nitrogen and oxygen atoms in total. The number of aromatic nitrogens is 1. The van der Waals surface area contributed by atoms with E-state index in [1.807, 2.05) is 38.1 Å². The Hall–Kier alpha value is -2.43. The zero-order chi connectivity index (χ0) is 16.8. The van der Waals surface area contributed by atoms with Crippen molar-refractivity contribution in [2.45, 2.75) is 27.2 Å². The van der Waals surface area contributed by atoms with Crippen LogP contribution < -0.4 is 0 Å². The Morgan fingerprint density at radius 3 is 2.65 bits per heavy atom. The number of amides is 1. The highest BCUT2D eigenvalue weighted by atomic mass is 16.4. The van der Waals surface area contributed by atoms with Gasteiger partial charge in [-0.05, 0) is 45.4 Å². The number of benzene rings is 1. The van der Waals surface area contributed by atoms with E-state index < -0.39 is 11.4 Å². The van der Waals surface area contributed by atoms with Gasteiger partial charge in [-0.1, -0.05) is 11.6 Å². The van der Waals surface area contributed by atoms with Gasteiger partial charge in [-0.3, -0.25) is 14.6 Å². The third-order valence-electron chi connectivity index (χ3n) is 4.67. The number of fused-ring (bicyclic) bond motifs is 1. The minimum Gasteiger partial charge on any atom is -0.481 e. The summed E-state index contributed by atoms with van der Waals surface area (Å²) in [4.78, 5) is 30.3. The number of carboxylic acid groups (broad SMARTS) is 1. The molecule has 0 spiro atoms. The van der Waals surface area contributed by atoms with Crippen LogP contribution in [0.25, 0.3) is 10.9 Å². The van der Waals surface area contributed by atoms with Crippen LogP contribution in [-0.4, -0.2) is 40.0 Å². The molecular weight excluding hydrogens is 292 g/mol. The van der Waals surface area contributed by atoms with E-state index in [2.05, 4.69) is 4.98 Å². The van der Waals surface area contributed by atoms with Crippen molar-refractivity contribution in [3.63, 3.8) is 0 Å². The molecule has 1 saturated heterocycles. The van der Waals surface area contributed by atoms with E-state index in [0.717, 1.165) is 16.5 Å². The zero-order valence-electron chi connectivity index (χ0n) is 13.6. The van der Waals surface area contributed by atoms with Gasteiger partial charge in [0.05, 0.1) is 22.2 Å². The molecule has 2 aromatic rings. The summed E-state index contributed by atoms with van der Waals surface area (Å²) in [6.45, 7) is 6.22. The second kappa shape index (κ2) is 5.33. The van der Waals surface area contributed by atoms with E-state index in [9.17, 15) is 14.7 Å². The summed E-state index contributed by atoms with van der Waals surface area (Å²) >= 11 is 0. The summed E-state index contributed by atoms with van der Waals surface area (Å²) in [7, 11) is 0. The van der Waals surface area contributed by atoms with Gasteiger partial charge < -0.3 is 10.0 Å². The fourth-order valence-electron chi connectivity index (χ4n) is 3.09. The minimum atomic E-state index is -0.857. The lowest BCUT2D eigenvalue weighted by Gasteiger charge is -2.21. The third-order valence-corrected chi connectivity index (χ3v) is 4.67. The topological polar surface area (TPSA) is 70.5 Å². The average molecular weight is 312 g/mol. The van der Waals surface area contributed by atoms with Crippen molar-refractivity contribution < 1.29 is 14.7 Å². The Labute approximate surface area is 134 Å². The van der Waals surface area contributed by atoms with Gasteiger partial charge in [0.1, 0.15) is 0 Å². The lowest BCUT2D eigenvalue weighted by Crippen LogP contribution is -2.35. The van der Waals surface area contributed by atoms with Crippen LogP contribution in [0.3, 0.4) is 0 Å². The van der Waals surface area contributed by atoms with Crippen LogP contribution in [0, 0.1) is 19.3 Å². The lowest BCUT2D eigenvalue weighted by atomic mass is 9.90. The molecule has 1 amide bonds. The number of carbonyl (C=O) groups is 2. The zero-order valence-corrected chi connectivity index (χ0v) is 13.6. The standard InChI is InChI=1S/C18H20N2O3/c1-11-4-5-15-13(8-11)9-14(12(2)19-15)16(21)20-7-6-18(3,10-20)17(22)23/h4-5,8-9H,6-7,10H2,1-3H3,(H,22,23)/t18-/m1/s1. The molecule has 3 rings (SSSR count). The number of aryl methyl sites for hydroxylation is 2. The van der Waals surface area contributed by atoms with Gasteiger partial charge in [0.2, 0.25) is 0 Å². The number of hydrogen-bond acceptors (Lipinski definition) is 3. The van der Waals surface area contributed by atoms with Crippen molar-refractivity contribution in [2.75, 3.05) is 13.1 Å². The van der Waals surface area contributed by atoms with Crippen LogP contribution in [0.1, 0.15) is 35.0 Å². The summed E-state index contributed by atoms with van der Waals surface area (Å²) in [6, 6.07) is 7.81. The molecule has 5 heteroatoms. The molecule has 1 atom stereocenters. The summed E-state index contributed by atoms with van der Waals surface area (Å²) in [5.74, 6) is -0.986. The molecular formula is C18H20N2O3. The highest BCUT2D eigenvalue weighted by Crippen LogP contribution is 2.31. The molecule has 0 unspecified atom stereocenters. The van der Waals surface area contributed by atoms with Gasteiger partial charge in [-0.15, -0.1) is 0 Å². The monoisotopic (exact) mass is 312 g/mol. The van der Waals surface area contributed by atoms with Crippen molar-refractivity contribution in [1.82, 2.24) is 9.88 Å². The molecule has 0 saturated carbocycles. The molecule has 1 aliphatic heterocycles. The molecule has 23 heavy (non-hydrogen) atoms. The maximum atomic E-state index is 12.8. The molecule has 120 valence electrons. The predicted octanol–water partition coefficient (Wildman–Crippen LogP) is 2.79. The molecule has 0 radical (unpaired) electrons. The SMILES string of the molecule is Cc1ccc2nc(C)c(C(=O)N3CC[C@@](C)(C(=O)O)C3)cc2c1. The van der Waals surface area contributed by atoms with E-state index >= 15 is 0 Å². The molecule has 1 aromatic heterocycles. The Bertz CT molecular complexity index is 815. The van der Waals surface area contributed by atoms with Gasteiger partial charge in [-0.2, -0.15) is 0 Å². The van der Waals surface area contributed by atoms with Crippen LogP contribution in [0.4, 0.5) is 0 Å². The number of likely N-dealkylation sites (tertiary alicyclic amines) is 1. The first-order valence-electron chi connectivity index (χ1n) is 7.71. The Kier molecular flexibility index (Phi) is 3.59. The third kappa shape index (κ3) is 2.67. The summed E-state index contributed by atoms with van der Waals surface area (Å²) in [5, 5.41) is 10.2. The molecule has 1 aromatic carbocycles. The average Bonchev–Trinajstić information content (AvgIpc) is 2.90. The molecule has 1 fully saturated rings. The Morgan fingerprint density at radius 2 is 2.00 bits per heavy atom. The molecule has 1 aliphatic rings. The van der Waals surface area contributed by atoms with Gasteiger partial charge >= 0.3 is 5.97 Å². The Morgan fingerprint density at radius 1 is 1.26 bits per heavy atom. The first-order chi connectivity index (χ1) is 10.8. The van der Waals surface area contributed by atoms with Gasteiger partial charge in [-0.25, -0.2) is 0 Å². The molecule has 1 N–H and O–H groups in total. The van der Waals surface area contributed by atoms with E-state index in [-0.39, 0.29) is 12.5 Å². The summed E-state index contributed by atoms with van der Waals surface area (Å²) in [6.07, 6.45) is 0.479. The molecule has 0 bridgehead atoms. The Balaban J connectivity index is 1.95. The first-order valence-corrected chi connectivity index (χ1v) is 7.71. The molecule has 2 heterocycles. The fraction of sp³-hybridized carbons (Fsp3) is 0.389. The maximum Gasteiger partial charge on any atom is 0.311 e. The fourth-order valence-corrected chi connectivity index (χ4v) is 3.09. The number of carboxylic acids is 1. The van der Waals surface area contributed by atoms with Crippen LogP contribution in [0.15, 0.2) is 24.3 Å². The van der Waals surface area contributed by atoms with Gasteiger partial charge in [0.15, 0.2) is 0 Å². The highest BCUT2D eigenvalue weighted by Gasteiger charge is 2.42. The van der Waals surface area contributed by atoms with E-state index in [4.69, 9.17) is 0 Å². The number of pyridine rings is 1. The van der Waals surface area contributed by atoms with Crippen molar-refractivity contribution in [2.24, 2.45) is 5.41 Å². The quantitative estimate of drug-likeness (QED) is 0.925. The van der Waals surface area contributed by atoms with Crippen LogP contribution in [0.2, 0.25) is 0 Å². The lowest BCUT2D eigenvalue weighted by molar-refractivity contribution is -0.147. The predicted molar refractivity (Wildman–Crippen MR) is 87.5 cm³/mol. The van der Waals surface area contributed by atoms with Crippen molar-refractivity contribution in [3.8, 4) is 0 Å². The first kappa shape index (κ1) is 15.5. The van der Waals surface area contributed by atoms with Crippen LogP contribution in [0.5, 0.6) is 0 Å². The number of carbonyl (C=O) groups excluding carboxylic acids is 1. The van der Waals surface area contributed by atoms with E-state index in [1.54, 1.807) is 11.8 Å². The van der Waals surface area contributed by atoms with Gasteiger partial charge in [0.25, 0.3) is 5.91 Å². The number of hydrogen-bond donors (Lipinski definition) is 1. The minimum absolute atomic E-state index is 0.136. The van der Waals surface area contributed by atoms with E-state index in [0.29, 0.717) is 24.2 Å². The highest BCUT2D eigenvalue weighted by molar-refractivity contribution is 5.99. The largest absolute Gasteiger partial charge is 0.481 e. The summed E-state index contributed by atoms with van der Waals surface area (Å²) in [5.41, 5.74) is 2.35. The van der Waals surface area contributed by atoms with Crippen molar-refractivity contribution in [1.29, 1.82) is 0 Å². The number of nitrogens with zero attached hydrogens (tertiary/aromatic N) is 2. The molecule has 0 aliphatic carbocycles. The smallest absolute Gasteiger partial charge is 0.311 e. The van der Waals surface area contributed by atoms with Gasteiger partial charge in [0, 0.05) is 18.5 Å². The maximum absolute atomic E-state index is 12.8. The van der Waals surface area contributed by atoms with Crippen LogP contribution >= 0.6 is 0 Å². The normalized spacial score (nSPS) is 20.9. The van der Waals surface area contributed by atoms with Crippen molar-refractivity contribution in [3.05, 3.63) is 41.1 Å². The summed E-state index contributed by atoms with van der Waals surface area (Å²) < 4.78 is 0. The van der Waals surface area contributed by atoms with Crippen molar-refractivity contribution >= 4 is 22.8 Å².